The number of carbonyl (C=O) groups is 1. The molecule has 1 saturated heterocycles. The molecular formula is C27H29ClN4O3. The second-order valence-corrected chi connectivity index (χ2v) is 10.9. The Morgan fingerprint density at radius 3 is 2.46 bits per heavy atom. The number of anilines is 2. The lowest BCUT2D eigenvalue weighted by atomic mass is 9.99. The van der Waals surface area contributed by atoms with Gasteiger partial charge in [-0.2, -0.15) is 5.10 Å². The summed E-state index contributed by atoms with van der Waals surface area (Å²) in [4.78, 5) is 17.3. The highest BCUT2D eigenvalue weighted by atomic mass is 35.5. The highest BCUT2D eigenvalue weighted by Gasteiger charge is 2.61. The van der Waals surface area contributed by atoms with Crippen molar-refractivity contribution in [2.75, 3.05) is 36.5 Å². The van der Waals surface area contributed by atoms with Gasteiger partial charge < -0.3 is 14.7 Å². The molecule has 182 valence electrons. The van der Waals surface area contributed by atoms with E-state index < -0.39 is 5.60 Å². The lowest BCUT2D eigenvalue weighted by Crippen LogP contribution is -2.40. The maximum atomic E-state index is 13.4. The quantitative estimate of drug-likeness (QED) is 0.681. The lowest BCUT2D eigenvalue weighted by molar-refractivity contribution is -0.115. The van der Waals surface area contributed by atoms with Gasteiger partial charge in [0.2, 0.25) is 0 Å². The number of halogens is 1. The van der Waals surface area contributed by atoms with Crippen molar-refractivity contribution < 1.29 is 14.6 Å². The van der Waals surface area contributed by atoms with Gasteiger partial charge in [0.15, 0.2) is 0 Å². The lowest BCUT2D eigenvalue weighted by Gasteiger charge is -2.30. The smallest absolute Gasteiger partial charge is 0.281 e. The highest BCUT2D eigenvalue weighted by Crippen LogP contribution is 2.58. The molecule has 0 radical (unpaired) electrons. The van der Waals surface area contributed by atoms with Gasteiger partial charge in [-0.15, -0.1) is 0 Å². The Labute approximate surface area is 210 Å². The number of piperidine rings is 1. The van der Waals surface area contributed by atoms with Crippen molar-refractivity contribution in [2.24, 2.45) is 22.9 Å². The second kappa shape index (κ2) is 8.00. The minimum atomic E-state index is -0.626. The predicted octanol–water partition coefficient (Wildman–Crippen LogP) is 4.07. The van der Waals surface area contributed by atoms with Crippen molar-refractivity contribution >= 4 is 35.2 Å². The van der Waals surface area contributed by atoms with Crippen molar-refractivity contribution in [2.45, 2.75) is 25.4 Å². The van der Waals surface area contributed by atoms with Gasteiger partial charge in [0.25, 0.3) is 5.91 Å². The van der Waals surface area contributed by atoms with Gasteiger partial charge in [0, 0.05) is 30.1 Å². The number of benzene rings is 2. The van der Waals surface area contributed by atoms with Crippen LogP contribution in [0, 0.1) is 17.8 Å². The average molecular weight is 493 g/mol. The van der Waals surface area contributed by atoms with Crippen LogP contribution in [0.2, 0.25) is 5.02 Å². The van der Waals surface area contributed by atoms with Crippen LogP contribution in [0.5, 0.6) is 5.75 Å². The molecule has 1 N–H and O–H groups in total. The topological polar surface area (TPSA) is 68.6 Å². The Kier molecular flexibility index (Phi) is 5.13. The number of nitrogens with zero attached hydrogens (tertiary/aromatic N) is 4. The molecule has 6 rings (SSSR count). The zero-order valence-corrected chi connectivity index (χ0v) is 20.8. The summed E-state index contributed by atoms with van der Waals surface area (Å²) >= 11 is 6.03. The van der Waals surface area contributed by atoms with E-state index in [0.717, 1.165) is 30.1 Å². The monoisotopic (exact) mass is 492 g/mol. The van der Waals surface area contributed by atoms with Gasteiger partial charge in [-0.3, -0.25) is 14.7 Å². The molecule has 7 nitrogen and oxygen atoms in total. The normalized spacial score (nSPS) is 27.2. The summed E-state index contributed by atoms with van der Waals surface area (Å²) in [5, 5.41) is 17.4. The summed E-state index contributed by atoms with van der Waals surface area (Å²) in [5.74, 6) is 2.10. The molecule has 0 bridgehead atoms. The summed E-state index contributed by atoms with van der Waals surface area (Å²) in [6, 6.07) is 13.6. The fraction of sp³-hybridized carbons (Fsp3) is 0.407. The fourth-order valence-electron chi connectivity index (χ4n) is 6.14. The molecule has 3 aliphatic heterocycles. The third kappa shape index (κ3) is 3.78. The van der Waals surface area contributed by atoms with Crippen LogP contribution in [0.4, 0.5) is 11.4 Å². The number of amides is 1. The Morgan fingerprint density at radius 2 is 1.80 bits per heavy atom. The Balaban J connectivity index is 1.21. The maximum Gasteiger partial charge on any atom is 0.281 e. The van der Waals surface area contributed by atoms with E-state index in [2.05, 4.69) is 10.0 Å². The number of ether oxygens (including phenoxy) is 1. The third-order valence-electron chi connectivity index (χ3n) is 7.84. The molecule has 2 fully saturated rings. The summed E-state index contributed by atoms with van der Waals surface area (Å²) in [6.07, 6.45) is 3.56. The highest BCUT2D eigenvalue weighted by molar-refractivity contribution is 6.30. The van der Waals surface area contributed by atoms with Crippen molar-refractivity contribution in [3.05, 3.63) is 64.8 Å². The first-order valence-electron chi connectivity index (χ1n) is 12.0. The van der Waals surface area contributed by atoms with E-state index in [9.17, 15) is 9.90 Å². The Bertz CT molecular complexity index is 1220. The molecule has 35 heavy (non-hydrogen) atoms. The fourth-order valence-corrected chi connectivity index (χ4v) is 6.26. The van der Waals surface area contributed by atoms with E-state index in [1.807, 2.05) is 62.4 Å². The van der Waals surface area contributed by atoms with Crippen molar-refractivity contribution in [1.82, 2.24) is 5.01 Å². The molecule has 0 aromatic heterocycles. The first-order chi connectivity index (χ1) is 16.7. The van der Waals surface area contributed by atoms with E-state index in [4.69, 9.17) is 16.3 Å². The third-order valence-corrected chi connectivity index (χ3v) is 8.09. The number of carbonyl (C=O) groups excluding carboxylic acids is 1. The number of methoxy groups -OCH3 is 1. The summed E-state index contributed by atoms with van der Waals surface area (Å²) < 4.78 is 5.73. The zero-order valence-electron chi connectivity index (χ0n) is 20.1. The van der Waals surface area contributed by atoms with Gasteiger partial charge >= 0.3 is 0 Å². The Hall–Kier alpha value is -3.03. The minimum absolute atomic E-state index is 0.0783. The van der Waals surface area contributed by atoms with Crippen molar-refractivity contribution in [3.8, 4) is 5.75 Å². The molecule has 8 heteroatoms. The maximum absolute atomic E-state index is 13.4. The molecule has 1 saturated carbocycles. The number of fused-ring (bicyclic) bond motifs is 2. The first kappa shape index (κ1) is 22.4. The summed E-state index contributed by atoms with van der Waals surface area (Å²) in [6.45, 7) is 6.26. The first-order valence-corrected chi connectivity index (χ1v) is 12.4. The number of hydrogen-bond acceptors (Lipinski definition) is 6. The molecule has 2 aromatic carbocycles. The largest absolute Gasteiger partial charge is 0.495 e. The number of aliphatic hydroxyl groups is 1. The van der Waals surface area contributed by atoms with E-state index in [0.29, 0.717) is 40.7 Å². The van der Waals surface area contributed by atoms with Gasteiger partial charge in [0.1, 0.15) is 17.8 Å². The Morgan fingerprint density at radius 1 is 1.09 bits per heavy atom. The molecule has 3 unspecified atom stereocenters. The molecule has 3 heterocycles. The van der Waals surface area contributed by atoms with Crippen molar-refractivity contribution in [3.63, 3.8) is 0 Å². The van der Waals surface area contributed by atoms with E-state index in [-0.39, 0.29) is 11.8 Å². The van der Waals surface area contributed by atoms with Crippen LogP contribution in [0.15, 0.2) is 59.3 Å². The molecule has 1 amide bonds. The van der Waals surface area contributed by atoms with Gasteiger partial charge in [-0.1, -0.05) is 23.7 Å². The van der Waals surface area contributed by atoms with Crippen LogP contribution in [-0.4, -0.2) is 54.7 Å². The van der Waals surface area contributed by atoms with Crippen LogP contribution >= 0.6 is 11.6 Å². The van der Waals surface area contributed by atoms with Crippen LogP contribution in [0.3, 0.4) is 0 Å². The molecular weight excluding hydrogens is 464 g/mol. The molecule has 3 atom stereocenters. The zero-order chi connectivity index (χ0) is 24.5. The predicted molar refractivity (Wildman–Crippen MR) is 137 cm³/mol. The van der Waals surface area contributed by atoms with Crippen molar-refractivity contribution in [1.29, 1.82) is 0 Å². The van der Waals surface area contributed by atoms with E-state index >= 15 is 0 Å². The molecule has 4 aliphatic rings. The van der Waals surface area contributed by atoms with E-state index in [1.165, 1.54) is 0 Å². The number of hydrogen-bond donors (Lipinski definition) is 1. The van der Waals surface area contributed by atoms with Gasteiger partial charge in [0.05, 0.1) is 30.6 Å². The second-order valence-electron chi connectivity index (χ2n) is 10.5. The van der Waals surface area contributed by atoms with Crippen LogP contribution < -0.4 is 14.5 Å². The molecule has 1 aliphatic carbocycles. The standard InChI is InChI=1S/C27H29ClN4O3/c1-27(2,34)25-20-13-30(14-21(20)25)22-9-8-19(11-24(22)35-3)31-15-29-32-12-17(10-23(32)26(31)33)16-4-6-18(28)7-5-16/h4-11,15,17,20-21,25,34H,12-14H2,1-3H3. The molecule has 0 spiro atoms. The van der Waals surface area contributed by atoms with Crippen LogP contribution in [0.1, 0.15) is 25.3 Å². The van der Waals surface area contributed by atoms with Gasteiger partial charge in [-0.25, -0.2) is 0 Å². The average Bonchev–Trinajstić information content (AvgIpc) is 3.16. The summed E-state index contributed by atoms with van der Waals surface area (Å²) in [5.41, 5.74) is 2.79. The SMILES string of the molecule is COc1cc(N2C=NN3CC(c4ccc(Cl)cc4)C=C3C2=O)ccc1N1CC2C(C1)C2C(C)(C)O. The van der Waals surface area contributed by atoms with E-state index in [1.54, 1.807) is 23.4 Å². The number of rotatable bonds is 5. The number of hydrazone groups is 1. The minimum Gasteiger partial charge on any atom is -0.495 e. The summed E-state index contributed by atoms with van der Waals surface area (Å²) in [7, 11) is 1.66. The molecule has 2 aromatic rings. The van der Waals surface area contributed by atoms with Gasteiger partial charge in [-0.05, 0) is 67.5 Å². The van der Waals surface area contributed by atoms with Crippen LogP contribution in [-0.2, 0) is 4.79 Å². The van der Waals surface area contributed by atoms with Crippen LogP contribution in [0.25, 0.3) is 0 Å².